The summed E-state index contributed by atoms with van der Waals surface area (Å²) in [6.45, 7) is 2.18. The van der Waals surface area contributed by atoms with Crippen LogP contribution in [-0.4, -0.2) is 47.7 Å². The average molecular weight is 339 g/mol. The highest BCUT2D eigenvalue weighted by Crippen LogP contribution is 2.35. The van der Waals surface area contributed by atoms with Gasteiger partial charge in [0.2, 0.25) is 0 Å². The first-order valence-electron chi connectivity index (χ1n) is 9.15. The summed E-state index contributed by atoms with van der Waals surface area (Å²) in [7, 11) is 3.83. The Morgan fingerprint density at radius 2 is 1.84 bits per heavy atom. The number of ether oxygens (including phenoxy) is 1. The van der Waals surface area contributed by atoms with Crippen molar-refractivity contribution in [3.05, 3.63) is 35.5 Å². The summed E-state index contributed by atoms with van der Waals surface area (Å²) in [6.07, 6.45) is 4.72. The van der Waals surface area contributed by atoms with Crippen LogP contribution in [0.3, 0.4) is 0 Å². The SMILES string of the molecule is COc1ccc(-c2nn(C3CCN(C)CC3)c3c2C(=O)CCC3)cc1. The molecule has 2 heterocycles. The van der Waals surface area contributed by atoms with Gasteiger partial charge in [0.1, 0.15) is 11.4 Å². The minimum absolute atomic E-state index is 0.242. The highest BCUT2D eigenvalue weighted by atomic mass is 16.5. The van der Waals surface area contributed by atoms with E-state index < -0.39 is 0 Å². The molecule has 0 amide bonds. The molecule has 5 nitrogen and oxygen atoms in total. The van der Waals surface area contributed by atoms with Crippen LogP contribution < -0.4 is 4.74 Å². The normalized spacial score (nSPS) is 19.0. The first kappa shape index (κ1) is 16.3. The number of Topliss-reactive ketones (excluding diaryl/α,β-unsaturated/α-hetero) is 1. The van der Waals surface area contributed by atoms with Crippen LogP contribution in [0.2, 0.25) is 0 Å². The summed E-state index contributed by atoms with van der Waals surface area (Å²) in [5.41, 5.74) is 3.85. The molecule has 0 N–H and O–H groups in total. The Bertz CT molecular complexity index is 771. The van der Waals surface area contributed by atoms with Gasteiger partial charge in [-0.25, -0.2) is 0 Å². The standard InChI is InChI=1S/C20H25N3O2/c1-22-12-10-15(11-13-22)23-17-4-3-5-18(24)19(17)20(21-23)14-6-8-16(25-2)9-7-14/h6-9,15H,3-5,10-13H2,1-2H3. The summed E-state index contributed by atoms with van der Waals surface area (Å²) in [5.74, 6) is 1.06. The fourth-order valence-corrected chi connectivity index (χ4v) is 4.04. The fraction of sp³-hybridized carbons (Fsp3) is 0.500. The van der Waals surface area contributed by atoms with Crippen LogP contribution in [0.1, 0.15) is 47.8 Å². The van der Waals surface area contributed by atoms with Gasteiger partial charge in [-0.2, -0.15) is 5.10 Å². The topological polar surface area (TPSA) is 47.4 Å². The van der Waals surface area contributed by atoms with Gasteiger partial charge in [0.25, 0.3) is 0 Å². The molecule has 132 valence electrons. The second kappa shape index (κ2) is 6.64. The van der Waals surface area contributed by atoms with E-state index in [0.29, 0.717) is 12.5 Å². The molecule has 0 radical (unpaired) electrons. The van der Waals surface area contributed by atoms with E-state index in [0.717, 1.165) is 67.0 Å². The molecule has 0 bridgehead atoms. The maximum Gasteiger partial charge on any atom is 0.166 e. The van der Waals surface area contributed by atoms with Crippen molar-refractivity contribution in [2.75, 3.05) is 27.2 Å². The molecule has 0 unspecified atom stereocenters. The number of hydrogen-bond acceptors (Lipinski definition) is 4. The van der Waals surface area contributed by atoms with Gasteiger partial charge in [0.15, 0.2) is 5.78 Å². The minimum Gasteiger partial charge on any atom is -0.497 e. The van der Waals surface area contributed by atoms with Crippen LogP contribution in [-0.2, 0) is 6.42 Å². The van der Waals surface area contributed by atoms with Gasteiger partial charge in [-0.1, -0.05) is 0 Å². The van der Waals surface area contributed by atoms with Crippen molar-refractivity contribution in [1.29, 1.82) is 0 Å². The molecule has 0 saturated carbocycles. The highest BCUT2D eigenvalue weighted by molar-refractivity contribution is 6.03. The number of likely N-dealkylation sites (tertiary alicyclic amines) is 1. The lowest BCUT2D eigenvalue weighted by Gasteiger charge is -2.30. The minimum atomic E-state index is 0.242. The van der Waals surface area contributed by atoms with E-state index in [1.807, 2.05) is 24.3 Å². The molecule has 5 heteroatoms. The highest BCUT2D eigenvalue weighted by Gasteiger charge is 2.31. The quantitative estimate of drug-likeness (QED) is 0.860. The Morgan fingerprint density at radius 1 is 1.12 bits per heavy atom. The largest absolute Gasteiger partial charge is 0.497 e. The Balaban J connectivity index is 1.77. The predicted molar refractivity (Wildman–Crippen MR) is 97.3 cm³/mol. The van der Waals surface area contributed by atoms with Crippen LogP contribution in [0.4, 0.5) is 0 Å². The van der Waals surface area contributed by atoms with Crippen molar-refractivity contribution < 1.29 is 9.53 Å². The second-order valence-electron chi connectivity index (χ2n) is 7.15. The van der Waals surface area contributed by atoms with Crippen molar-refractivity contribution in [1.82, 2.24) is 14.7 Å². The van der Waals surface area contributed by atoms with Crippen LogP contribution in [0.5, 0.6) is 5.75 Å². The number of benzene rings is 1. The van der Waals surface area contributed by atoms with Gasteiger partial charge < -0.3 is 9.64 Å². The number of fused-ring (bicyclic) bond motifs is 1. The fourth-order valence-electron chi connectivity index (χ4n) is 4.04. The summed E-state index contributed by atoms with van der Waals surface area (Å²) >= 11 is 0. The summed E-state index contributed by atoms with van der Waals surface area (Å²) in [4.78, 5) is 15.0. The van der Waals surface area contributed by atoms with Crippen molar-refractivity contribution in [2.24, 2.45) is 0 Å². The van der Waals surface area contributed by atoms with Crippen LogP contribution in [0.25, 0.3) is 11.3 Å². The van der Waals surface area contributed by atoms with E-state index in [2.05, 4.69) is 16.6 Å². The maximum atomic E-state index is 12.7. The summed E-state index contributed by atoms with van der Waals surface area (Å²) in [5, 5.41) is 4.95. The lowest BCUT2D eigenvalue weighted by atomic mass is 9.92. The predicted octanol–water partition coefficient (Wildman–Crippen LogP) is 3.34. The van der Waals surface area contributed by atoms with Gasteiger partial charge in [-0.05, 0) is 70.1 Å². The molecule has 4 rings (SSSR count). The lowest BCUT2D eigenvalue weighted by Crippen LogP contribution is -2.32. The number of piperidine rings is 1. The second-order valence-corrected chi connectivity index (χ2v) is 7.15. The number of hydrogen-bond donors (Lipinski definition) is 0. The third-order valence-corrected chi connectivity index (χ3v) is 5.50. The Hall–Kier alpha value is -2.14. The molecule has 0 atom stereocenters. The molecule has 1 aliphatic carbocycles. The first-order valence-corrected chi connectivity index (χ1v) is 9.15. The molecule has 1 aromatic heterocycles. The monoisotopic (exact) mass is 339 g/mol. The maximum absolute atomic E-state index is 12.7. The van der Waals surface area contributed by atoms with Crippen molar-refractivity contribution >= 4 is 5.78 Å². The summed E-state index contributed by atoms with van der Waals surface area (Å²) < 4.78 is 7.43. The third-order valence-electron chi connectivity index (χ3n) is 5.50. The van der Waals surface area contributed by atoms with Crippen LogP contribution >= 0.6 is 0 Å². The van der Waals surface area contributed by atoms with E-state index in [-0.39, 0.29) is 5.78 Å². The first-order chi connectivity index (χ1) is 12.2. The zero-order valence-corrected chi connectivity index (χ0v) is 15.0. The van der Waals surface area contributed by atoms with Crippen molar-refractivity contribution in [2.45, 2.75) is 38.1 Å². The molecule has 1 aliphatic heterocycles. The van der Waals surface area contributed by atoms with E-state index >= 15 is 0 Å². The molecule has 25 heavy (non-hydrogen) atoms. The molecule has 1 aromatic carbocycles. The molecular formula is C20H25N3O2. The Labute approximate surface area is 148 Å². The van der Waals surface area contributed by atoms with Gasteiger partial charge in [-0.15, -0.1) is 0 Å². The Morgan fingerprint density at radius 3 is 2.52 bits per heavy atom. The number of methoxy groups -OCH3 is 1. The number of rotatable bonds is 3. The smallest absolute Gasteiger partial charge is 0.166 e. The zero-order valence-electron chi connectivity index (χ0n) is 15.0. The van der Waals surface area contributed by atoms with Gasteiger partial charge in [0.05, 0.1) is 24.4 Å². The van der Waals surface area contributed by atoms with E-state index in [1.54, 1.807) is 7.11 Å². The molecule has 0 spiro atoms. The zero-order chi connectivity index (χ0) is 17.4. The number of aromatic nitrogens is 2. The van der Waals surface area contributed by atoms with E-state index in [9.17, 15) is 4.79 Å². The third kappa shape index (κ3) is 2.97. The molecule has 1 fully saturated rings. The average Bonchev–Trinajstić information content (AvgIpc) is 3.03. The number of carbonyl (C=O) groups excluding carboxylic acids is 1. The molecular weight excluding hydrogens is 314 g/mol. The van der Waals surface area contributed by atoms with Crippen LogP contribution in [0.15, 0.2) is 24.3 Å². The van der Waals surface area contributed by atoms with Crippen LogP contribution in [0, 0.1) is 0 Å². The van der Waals surface area contributed by atoms with E-state index in [4.69, 9.17) is 9.84 Å². The number of carbonyl (C=O) groups is 1. The number of nitrogens with zero attached hydrogens (tertiary/aromatic N) is 3. The van der Waals surface area contributed by atoms with Crippen molar-refractivity contribution in [3.8, 4) is 17.0 Å². The molecule has 2 aromatic rings. The summed E-state index contributed by atoms with van der Waals surface area (Å²) in [6, 6.07) is 8.28. The molecule has 1 saturated heterocycles. The molecule has 2 aliphatic rings. The number of ketones is 1. The van der Waals surface area contributed by atoms with Gasteiger partial charge in [-0.3, -0.25) is 9.48 Å². The van der Waals surface area contributed by atoms with Gasteiger partial charge >= 0.3 is 0 Å². The lowest BCUT2D eigenvalue weighted by molar-refractivity contribution is 0.0971. The van der Waals surface area contributed by atoms with Crippen molar-refractivity contribution in [3.63, 3.8) is 0 Å². The van der Waals surface area contributed by atoms with Gasteiger partial charge in [0, 0.05) is 12.0 Å². The van der Waals surface area contributed by atoms with E-state index in [1.165, 1.54) is 0 Å². The Kier molecular flexibility index (Phi) is 4.34.